The molecule has 0 fully saturated rings. The number of methoxy groups -OCH3 is 3. The van der Waals surface area contributed by atoms with Crippen LogP contribution in [0.4, 0.5) is 5.69 Å². The fraction of sp³-hybridized carbons (Fsp3) is 0.167. The molecule has 144 valence electrons. The normalized spacial score (nSPS) is 11.2. The first kappa shape index (κ1) is 20.1. The van der Waals surface area contributed by atoms with Crippen LogP contribution in [0.5, 0.6) is 17.2 Å². The van der Waals surface area contributed by atoms with Gasteiger partial charge in [0.1, 0.15) is 0 Å². The molecule has 9 heteroatoms. The Morgan fingerprint density at radius 2 is 1.67 bits per heavy atom. The van der Waals surface area contributed by atoms with Crippen molar-refractivity contribution in [2.24, 2.45) is 0 Å². The van der Waals surface area contributed by atoms with E-state index in [0.29, 0.717) is 22.8 Å². The summed E-state index contributed by atoms with van der Waals surface area (Å²) in [5.41, 5.74) is 0.249. The standard InChI is InChI=1S/C18H19NO7S/c1-24-15-9-8-12(16(25-2)17(15)26-3)10-11-27(22,23)19-14-7-5-4-6-13(14)18(20)21/h4-11,19H,1-3H3,(H,20,21). The Bertz CT molecular complexity index is 968. The molecule has 0 aromatic heterocycles. The van der Waals surface area contributed by atoms with E-state index in [-0.39, 0.29) is 11.3 Å². The van der Waals surface area contributed by atoms with Crippen LogP contribution in [-0.4, -0.2) is 40.8 Å². The number of hydrogen-bond donors (Lipinski definition) is 2. The van der Waals surface area contributed by atoms with Crippen LogP contribution >= 0.6 is 0 Å². The lowest BCUT2D eigenvalue weighted by atomic mass is 10.1. The number of hydrogen-bond acceptors (Lipinski definition) is 6. The van der Waals surface area contributed by atoms with Crippen LogP contribution in [0.2, 0.25) is 0 Å². The number of carboxylic acids is 1. The first-order chi connectivity index (χ1) is 12.8. The van der Waals surface area contributed by atoms with E-state index in [0.717, 1.165) is 5.41 Å². The van der Waals surface area contributed by atoms with E-state index in [1.54, 1.807) is 12.1 Å². The van der Waals surface area contributed by atoms with Gasteiger partial charge in [-0.3, -0.25) is 4.72 Å². The summed E-state index contributed by atoms with van der Waals surface area (Å²) in [4.78, 5) is 11.2. The van der Waals surface area contributed by atoms with Crippen LogP contribution in [0.1, 0.15) is 15.9 Å². The third-order valence-electron chi connectivity index (χ3n) is 3.57. The highest BCUT2D eigenvalue weighted by Crippen LogP contribution is 2.40. The highest BCUT2D eigenvalue weighted by Gasteiger charge is 2.16. The molecule has 0 saturated heterocycles. The van der Waals surface area contributed by atoms with Gasteiger partial charge in [0.15, 0.2) is 11.5 Å². The predicted octanol–water partition coefficient (Wildman–Crippen LogP) is 2.82. The van der Waals surface area contributed by atoms with Crippen LogP contribution < -0.4 is 18.9 Å². The van der Waals surface area contributed by atoms with Gasteiger partial charge < -0.3 is 19.3 Å². The van der Waals surface area contributed by atoms with Crippen molar-refractivity contribution in [1.29, 1.82) is 0 Å². The van der Waals surface area contributed by atoms with E-state index in [1.807, 2.05) is 0 Å². The summed E-state index contributed by atoms with van der Waals surface area (Å²) in [5, 5.41) is 10.1. The summed E-state index contributed by atoms with van der Waals surface area (Å²) < 4.78 is 42.6. The van der Waals surface area contributed by atoms with Crippen LogP contribution in [0.25, 0.3) is 6.08 Å². The minimum Gasteiger partial charge on any atom is -0.493 e. The molecule has 27 heavy (non-hydrogen) atoms. The second-order valence-electron chi connectivity index (χ2n) is 5.22. The van der Waals surface area contributed by atoms with E-state index < -0.39 is 16.0 Å². The SMILES string of the molecule is COc1ccc(C=CS(=O)(=O)Nc2ccccc2C(=O)O)c(OC)c1OC. The monoisotopic (exact) mass is 393 g/mol. The summed E-state index contributed by atoms with van der Waals surface area (Å²) in [7, 11) is 0.363. The maximum Gasteiger partial charge on any atom is 0.337 e. The van der Waals surface area contributed by atoms with Gasteiger partial charge in [-0.2, -0.15) is 0 Å². The molecule has 0 radical (unpaired) electrons. The summed E-state index contributed by atoms with van der Waals surface area (Å²) in [6, 6.07) is 8.93. The van der Waals surface area contributed by atoms with Gasteiger partial charge in [0, 0.05) is 5.56 Å². The molecule has 0 heterocycles. The smallest absolute Gasteiger partial charge is 0.337 e. The average molecular weight is 393 g/mol. The third-order valence-corrected chi connectivity index (χ3v) is 4.57. The fourth-order valence-corrected chi connectivity index (χ4v) is 3.24. The first-order valence-corrected chi connectivity index (χ1v) is 9.19. The van der Waals surface area contributed by atoms with Crippen LogP contribution in [0.15, 0.2) is 41.8 Å². The van der Waals surface area contributed by atoms with Crippen molar-refractivity contribution in [3.8, 4) is 17.2 Å². The molecule has 2 rings (SSSR count). The molecule has 0 atom stereocenters. The lowest BCUT2D eigenvalue weighted by molar-refractivity contribution is 0.0698. The third kappa shape index (κ3) is 4.70. The highest BCUT2D eigenvalue weighted by atomic mass is 32.2. The van der Waals surface area contributed by atoms with Gasteiger partial charge in [-0.1, -0.05) is 12.1 Å². The van der Waals surface area contributed by atoms with Crippen LogP contribution in [0, 0.1) is 0 Å². The highest BCUT2D eigenvalue weighted by molar-refractivity contribution is 7.95. The van der Waals surface area contributed by atoms with Gasteiger partial charge >= 0.3 is 5.97 Å². The Balaban J connectivity index is 2.36. The quantitative estimate of drug-likeness (QED) is 0.709. The van der Waals surface area contributed by atoms with E-state index in [4.69, 9.17) is 19.3 Å². The van der Waals surface area contributed by atoms with Gasteiger partial charge in [0.2, 0.25) is 5.75 Å². The van der Waals surface area contributed by atoms with E-state index in [1.165, 1.54) is 51.7 Å². The molecule has 0 spiro atoms. The topological polar surface area (TPSA) is 111 Å². The largest absolute Gasteiger partial charge is 0.493 e. The summed E-state index contributed by atoms with van der Waals surface area (Å²) >= 11 is 0. The zero-order valence-electron chi connectivity index (χ0n) is 14.9. The number of nitrogens with one attached hydrogen (secondary N) is 1. The lowest BCUT2D eigenvalue weighted by Gasteiger charge is -2.14. The van der Waals surface area contributed by atoms with Crippen molar-refractivity contribution < 1.29 is 32.5 Å². The zero-order chi connectivity index (χ0) is 20.0. The van der Waals surface area contributed by atoms with Crippen molar-refractivity contribution in [1.82, 2.24) is 0 Å². The van der Waals surface area contributed by atoms with Gasteiger partial charge in [0.05, 0.1) is 38.0 Å². The minimum atomic E-state index is -3.97. The van der Waals surface area contributed by atoms with Crippen molar-refractivity contribution >= 4 is 27.8 Å². The van der Waals surface area contributed by atoms with Gasteiger partial charge in [-0.15, -0.1) is 0 Å². The van der Waals surface area contributed by atoms with E-state index >= 15 is 0 Å². The van der Waals surface area contributed by atoms with Crippen molar-refractivity contribution in [2.45, 2.75) is 0 Å². The minimum absolute atomic E-state index is 0.0334. The number of aromatic carboxylic acids is 1. The second kappa shape index (κ2) is 8.45. The average Bonchev–Trinajstić information content (AvgIpc) is 2.65. The summed E-state index contributed by atoms with van der Waals surface area (Å²) in [6.07, 6.45) is 1.31. The van der Waals surface area contributed by atoms with E-state index in [9.17, 15) is 13.2 Å². The van der Waals surface area contributed by atoms with Crippen LogP contribution in [-0.2, 0) is 10.0 Å². The Kier molecular flexibility index (Phi) is 6.30. The fourth-order valence-electron chi connectivity index (χ4n) is 2.36. The number of carbonyl (C=O) groups is 1. The van der Waals surface area contributed by atoms with Crippen molar-refractivity contribution in [2.75, 3.05) is 26.1 Å². The molecule has 0 unspecified atom stereocenters. The number of para-hydroxylation sites is 1. The molecular formula is C18H19NO7S. The van der Waals surface area contributed by atoms with Crippen molar-refractivity contribution in [3.05, 3.63) is 52.9 Å². The number of carboxylic acid groups (broad SMARTS) is 1. The second-order valence-corrected chi connectivity index (χ2v) is 6.79. The predicted molar refractivity (Wildman–Crippen MR) is 101 cm³/mol. The Hall–Kier alpha value is -3.20. The first-order valence-electron chi connectivity index (χ1n) is 7.65. The Morgan fingerprint density at radius 3 is 2.26 bits per heavy atom. The summed E-state index contributed by atoms with van der Waals surface area (Å²) in [6.45, 7) is 0. The molecule has 0 saturated carbocycles. The number of ether oxygens (including phenoxy) is 3. The van der Waals surface area contributed by atoms with E-state index in [2.05, 4.69) is 4.72 Å². The number of anilines is 1. The van der Waals surface area contributed by atoms with Gasteiger partial charge in [0.25, 0.3) is 10.0 Å². The Morgan fingerprint density at radius 1 is 1.00 bits per heavy atom. The maximum atomic E-state index is 12.3. The molecule has 2 aromatic rings. The molecule has 0 amide bonds. The Labute approximate surface area is 157 Å². The molecule has 2 aromatic carbocycles. The molecule has 8 nitrogen and oxygen atoms in total. The molecule has 2 N–H and O–H groups in total. The number of benzene rings is 2. The molecular weight excluding hydrogens is 374 g/mol. The number of rotatable bonds is 8. The van der Waals surface area contributed by atoms with Gasteiger partial charge in [-0.05, 0) is 30.3 Å². The van der Waals surface area contributed by atoms with Crippen molar-refractivity contribution in [3.63, 3.8) is 0 Å². The molecule has 0 bridgehead atoms. The molecule has 0 aliphatic heterocycles. The molecule has 0 aliphatic carbocycles. The summed E-state index contributed by atoms with van der Waals surface area (Å²) in [5.74, 6) is -0.181. The van der Waals surface area contributed by atoms with Gasteiger partial charge in [-0.25, -0.2) is 13.2 Å². The van der Waals surface area contributed by atoms with Crippen LogP contribution in [0.3, 0.4) is 0 Å². The number of sulfonamides is 1. The lowest BCUT2D eigenvalue weighted by Crippen LogP contribution is -2.12. The maximum absolute atomic E-state index is 12.3. The zero-order valence-corrected chi connectivity index (χ0v) is 15.7. The molecule has 0 aliphatic rings.